The number of hydrogen-bond acceptors (Lipinski definition) is 4. The number of ether oxygens (including phenoxy) is 1. The van der Waals surface area contributed by atoms with Crippen LogP contribution in [0.15, 0.2) is 78.0 Å². The molecule has 4 aromatic carbocycles. The molecule has 3 N–H and O–H groups in total. The second-order valence-electron chi connectivity index (χ2n) is 9.69. The molecular weight excluding hydrogens is 500 g/mol. The third-order valence-electron chi connectivity index (χ3n) is 7.35. The van der Waals surface area contributed by atoms with Crippen molar-refractivity contribution in [2.45, 2.75) is 25.7 Å². The zero-order valence-corrected chi connectivity index (χ0v) is 21.3. The number of carbonyl (C=O) groups excluding carboxylic acids is 1. The molecule has 2 bridgehead atoms. The predicted molar refractivity (Wildman–Crippen MR) is 143 cm³/mol. The van der Waals surface area contributed by atoms with Gasteiger partial charge in [0.15, 0.2) is 5.84 Å². The van der Waals surface area contributed by atoms with Gasteiger partial charge in [-0.3, -0.25) is 4.79 Å². The lowest BCUT2D eigenvalue weighted by molar-refractivity contribution is 0.0857. The Morgan fingerprint density at radius 2 is 1.64 bits per heavy atom. The highest BCUT2D eigenvalue weighted by atomic mass is 19.1. The molecule has 8 heteroatoms. The first kappa shape index (κ1) is 24.8. The minimum Gasteiger partial charge on any atom is -0.397 e. The van der Waals surface area contributed by atoms with Gasteiger partial charge in [0.1, 0.15) is 31.0 Å². The molecule has 0 radical (unpaired) electrons. The van der Waals surface area contributed by atoms with E-state index in [1.165, 1.54) is 19.2 Å². The Balaban J connectivity index is 1.21. The topological polar surface area (TPSA) is 85.9 Å². The number of carbonyl (C=O) groups is 1. The lowest BCUT2D eigenvalue weighted by Gasteiger charge is -2.18. The average molecular weight is 526 g/mol. The number of nitrogens with two attached hydrogens (primary N) is 1. The summed E-state index contributed by atoms with van der Waals surface area (Å²) in [5, 5.41) is 6.74. The largest absolute Gasteiger partial charge is 0.397 e. The Bertz CT molecular complexity index is 1670. The van der Waals surface area contributed by atoms with Gasteiger partial charge in [0, 0.05) is 29.3 Å². The van der Waals surface area contributed by atoms with E-state index in [1.54, 1.807) is 6.07 Å². The van der Waals surface area contributed by atoms with Crippen LogP contribution >= 0.6 is 0 Å². The molecule has 0 saturated heterocycles. The molecule has 2 atom stereocenters. The quantitative estimate of drug-likeness (QED) is 0.193. The fourth-order valence-corrected chi connectivity index (χ4v) is 5.36. The summed E-state index contributed by atoms with van der Waals surface area (Å²) in [7, 11) is 1.44. The van der Waals surface area contributed by atoms with Gasteiger partial charge >= 0.3 is 0 Å². The van der Waals surface area contributed by atoms with Gasteiger partial charge < -0.3 is 20.6 Å². The van der Waals surface area contributed by atoms with E-state index < -0.39 is 11.6 Å². The summed E-state index contributed by atoms with van der Waals surface area (Å²) >= 11 is 0. The van der Waals surface area contributed by atoms with Crippen molar-refractivity contribution >= 4 is 11.7 Å². The molecule has 6 rings (SSSR count). The van der Waals surface area contributed by atoms with Crippen LogP contribution in [0.2, 0.25) is 0 Å². The monoisotopic (exact) mass is 525 g/mol. The fraction of sp³-hybridized carbons (Fsp3) is 0.161. The van der Waals surface area contributed by atoms with Gasteiger partial charge in [0.2, 0.25) is 0 Å². The van der Waals surface area contributed by atoms with Gasteiger partial charge in [-0.2, -0.15) is 0 Å². The molecule has 4 aromatic rings. The highest BCUT2D eigenvalue weighted by Crippen LogP contribution is 2.54. The Morgan fingerprint density at radius 1 is 0.923 bits per heavy atom. The SMILES string of the molecule is CON=C(N)c1ccc(CNC(=O)c2ccc3c(c2)[C@@H]2O[C@H]3c3ccc(-c4ccc(F)cc4F)cc32)c(C)c1. The van der Waals surface area contributed by atoms with Crippen molar-refractivity contribution in [1.29, 1.82) is 0 Å². The zero-order valence-electron chi connectivity index (χ0n) is 21.3. The third-order valence-corrected chi connectivity index (χ3v) is 7.35. The van der Waals surface area contributed by atoms with Crippen LogP contribution < -0.4 is 11.1 Å². The summed E-state index contributed by atoms with van der Waals surface area (Å²) in [5.74, 6) is -1.16. The average Bonchev–Trinajstić information content (AvgIpc) is 3.49. The molecule has 6 nitrogen and oxygen atoms in total. The number of amides is 1. The van der Waals surface area contributed by atoms with Crippen LogP contribution in [0.5, 0.6) is 0 Å². The minimum atomic E-state index is -0.618. The maximum absolute atomic E-state index is 14.4. The lowest BCUT2D eigenvalue weighted by Crippen LogP contribution is -2.24. The second kappa shape index (κ2) is 9.63. The van der Waals surface area contributed by atoms with Gasteiger partial charge in [-0.05, 0) is 82.3 Å². The number of aryl methyl sites for hydroxylation is 1. The maximum atomic E-state index is 14.4. The fourth-order valence-electron chi connectivity index (χ4n) is 5.36. The van der Waals surface area contributed by atoms with Crippen molar-refractivity contribution in [2.75, 3.05) is 7.11 Å². The van der Waals surface area contributed by atoms with Crippen molar-refractivity contribution in [3.05, 3.63) is 129 Å². The van der Waals surface area contributed by atoms with Gasteiger partial charge in [0.05, 0.1) is 0 Å². The summed E-state index contributed by atoms with van der Waals surface area (Å²) in [6.45, 7) is 2.29. The van der Waals surface area contributed by atoms with E-state index in [2.05, 4.69) is 10.5 Å². The van der Waals surface area contributed by atoms with E-state index in [1.807, 2.05) is 55.5 Å². The van der Waals surface area contributed by atoms with Crippen molar-refractivity contribution < 1.29 is 23.1 Å². The Morgan fingerprint density at radius 3 is 2.38 bits per heavy atom. The Labute approximate surface area is 224 Å². The summed E-state index contributed by atoms with van der Waals surface area (Å²) < 4.78 is 34.1. The second-order valence-corrected chi connectivity index (χ2v) is 9.69. The molecule has 0 fully saturated rings. The minimum absolute atomic E-state index is 0.202. The Kier molecular flexibility index (Phi) is 6.12. The van der Waals surface area contributed by atoms with Crippen molar-refractivity contribution in [3.8, 4) is 11.1 Å². The number of amidine groups is 1. The molecule has 2 aliphatic heterocycles. The van der Waals surface area contributed by atoms with Gasteiger partial charge in [-0.15, -0.1) is 0 Å². The van der Waals surface area contributed by atoms with Crippen LogP contribution in [0.1, 0.15) is 61.5 Å². The van der Waals surface area contributed by atoms with E-state index in [0.29, 0.717) is 23.2 Å². The van der Waals surface area contributed by atoms with E-state index >= 15 is 0 Å². The third kappa shape index (κ3) is 4.32. The van der Waals surface area contributed by atoms with E-state index in [4.69, 9.17) is 15.3 Å². The number of benzene rings is 4. The highest BCUT2D eigenvalue weighted by molar-refractivity contribution is 5.97. The first-order valence-corrected chi connectivity index (χ1v) is 12.5. The summed E-state index contributed by atoms with van der Waals surface area (Å²) in [5.41, 5.74) is 13.9. The predicted octanol–water partition coefficient (Wildman–Crippen LogP) is 5.66. The number of halogens is 2. The molecule has 2 heterocycles. The van der Waals surface area contributed by atoms with Crippen LogP contribution in [0.4, 0.5) is 8.78 Å². The first-order chi connectivity index (χ1) is 18.8. The molecule has 0 unspecified atom stereocenters. The number of fused-ring (bicyclic) bond motifs is 8. The number of nitrogens with one attached hydrogen (secondary N) is 1. The molecule has 39 heavy (non-hydrogen) atoms. The number of oxime groups is 1. The molecule has 196 valence electrons. The van der Waals surface area contributed by atoms with Crippen molar-refractivity contribution in [1.82, 2.24) is 5.32 Å². The van der Waals surface area contributed by atoms with Crippen LogP contribution in [-0.2, 0) is 16.1 Å². The molecule has 0 spiro atoms. The lowest BCUT2D eigenvalue weighted by atomic mass is 9.83. The van der Waals surface area contributed by atoms with Gasteiger partial charge in [0.25, 0.3) is 5.91 Å². The van der Waals surface area contributed by atoms with Gasteiger partial charge in [-0.1, -0.05) is 35.5 Å². The summed E-state index contributed by atoms with van der Waals surface area (Å²) in [6, 6.07) is 20.4. The standard InChI is InChI=1S/C31H25F2N3O3/c1-16-11-18(30(34)36-38-2)3-4-20(16)15-35-31(37)19-6-9-24-26(13-19)29-25-12-17(5-8-23(25)28(24)39-29)22-10-7-21(32)14-27(22)33/h3-14,28-29H,15H2,1-2H3,(H2,34,36)(H,35,37)/t28-,29+/m0/s1. The smallest absolute Gasteiger partial charge is 0.251 e. The Hall–Kier alpha value is -4.56. The normalized spacial score (nSPS) is 17.1. The van der Waals surface area contributed by atoms with E-state index in [9.17, 15) is 13.6 Å². The van der Waals surface area contributed by atoms with Crippen LogP contribution in [0.25, 0.3) is 11.1 Å². The van der Waals surface area contributed by atoms with Crippen LogP contribution in [-0.4, -0.2) is 18.9 Å². The molecule has 0 saturated carbocycles. The summed E-state index contributed by atoms with van der Waals surface area (Å²) in [6.07, 6.45) is -0.593. The van der Waals surface area contributed by atoms with E-state index in [0.717, 1.165) is 45.0 Å². The maximum Gasteiger partial charge on any atom is 0.251 e. The zero-order chi connectivity index (χ0) is 27.3. The van der Waals surface area contributed by atoms with Crippen LogP contribution in [0.3, 0.4) is 0 Å². The molecular formula is C31H25F2N3O3. The first-order valence-electron chi connectivity index (χ1n) is 12.5. The van der Waals surface area contributed by atoms with E-state index in [-0.39, 0.29) is 24.0 Å². The molecule has 1 amide bonds. The number of hydrogen-bond donors (Lipinski definition) is 2. The van der Waals surface area contributed by atoms with Crippen LogP contribution in [0, 0.1) is 18.6 Å². The van der Waals surface area contributed by atoms with Gasteiger partial charge in [-0.25, -0.2) is 8.78 Å². The number of rotatable bonds is 6. The summed E-state index contributed by atoms with van der Waals surface area (Å²) in [4.78, 5) is 17.8. The molecule has 2 aliphatic rings. The number of nitrogens with zero attached hydrogens (tertiary/aromatic N) is 1. The molecule has 0 aromatic heterocycles. The highest BCUT2D eigenvalue weighted by Gasteiger charge is 2.43. The molecule has 0 aliphatic carbocycles. The van der Waals surface area contributed by atoms with Crippen molar-refractivity contribution in [2.24, 2.45) is 10.9 Å². The van der Waals surface area contributed by atoms with Crippen molar-refractivity contribution in [3.63, 3.8) is 0 Å².